The molecule has 0 aliphatic rings. The smallest absolute Gasteiger partial charge is 0.128 e. The number of rotatable bonds is 6. The Hall–Kier alpha value is -1.78. The molecule has 0 aliphatic carbocycles. The van der Waals surface area contributed by atoms with E-state index < -0.39 is 5.60 Å². The second kappa shape index (κ2) is 6.99. The molecule has 1 aromatic heterocycles. The lowest BCUT2D eigenvalue weighted by Crippen LogP contribution is -2.42. The Morgan fingerprint density at radius 3 is 2.45 bits per heavy atom. The lowest BCUT2D eigenvalue weighted by molar-refractivity contribution is 0.0139. The van der Waals surface area contributed by atoms with Gasteiger partial charge in [-0.15, -0.1) is 0 Å². The molecular weight excluding hydrogens is 279 g/mol. The van der Waals surface area contributed by atoms with E-state index in [1.807, 2.05) is 32.0 Å². The minimum absolute atomic E-state index is 0.138. The van der Waals surface area contributed by atoms with Crippen LogP contribution in [0.15, 0.2) is 42.7 Å². The van der Waals surface area contributed by atoms with Crippen molar-refractivity contribution in [3.63, 3.8) is 0 Å². The Morgan fingerprint density at radius 2 is 1.86 bits per heavy atom. The zero-order valence-electron chi connectivity index (χ0n) is 13.3. The molecule has 0 saturated heterocycles. The zero-order valence-corrected chi connectivity index (χ0v) is 13.3. The van der Waals surface area contributed by atoms with Crippen LogP contribution in [0.25, 0.3) is 11.1 Å². The maximum atomic E-state index is 14.2. The summed E-state index contributed by atoms with van der Waals surface area (Å²) in [7, 11) is 0. The second-order valence-corrected chi connectivity index (χ2v) is 6.16. The number of aliphatic hydroxyl groups is 1. The maximum absolute atomic E-state index is 14.2. The van der Waals surface area contributed by atoms with Crippen LogP contribution >= 0.6 is 0 Å². The Kier molecular flexibility index (Phi) is 5.27. The number of halogens is 1. The van der Waals surface area contributed by atoms with Crippen LogP contribution in [-0.2, 0) is 6.54 Å². The quantitative estimate of drug-likeness (QED) is 0.860. The molecular formula is C18H23FN2O. The standard InChI is InChI=1S/C18H23FN2O/c1-13(2)18(3,22)12-21-11-16-5-4-15(10-17(16)19)14-6-8-20-9-7-14/h4-10,13,21-22H,11-12H2,1-3H3. The van der Waals surface area contributed by atoms with Gasteiger partial charge in [0.05, 0.1) is 5.60 Å². The van der Waals surface area contributed by atoms with Crippen molar-refractivity contribution in [3.8, 4) is 11.1 Å². The fourth-order valence-corrected chi connectivity index (χ4v) is 2.07. The van der Waals surface area contributed by atoms with Crippen molar-refractivity contribution in [2.24, 2.45) is 5.92 Å². The van der Waals surface area contributed by atoms with Crippen molar-refractivity contribution in [3.05, 3.63) is 54.1 Å². The van der Waals surface area contributed by atoms with Crippen molar-refractivity contribution in [1.82, 2.24) is 10.3 Å². The molecule has 1 aromatic carbocycles. The van der Waals surface area contributed by atoms with Crippen molar-refractivity contribution in [2.75, 3.05) is 6.54 Å². The highest BCUT2D eigenvalue weighted by Crippen LogP contribution is 2.21. The largest absolute Gasteiger partial charge is 0.389 e. The first-order valence-electron chi connectivity index (χ1n) is 7.52. The van der Waals surface area contributed by atoms with Crippen molar-refractivity contribution >= 4 is 0 Å². The molecule has 118 valence electrons. The molecule has 3 nitrogen and oxygen atoms in total. The van der Waals surface area contributed by atoms with Gasteiger partial charge in [-0.25, -0.2) is 4.39 Å². The van der Waals surface area contributed by atoms with E-state index in [1.165, 1.54) is 6.07 Å². The first-order valence-corrected chi connectivity index (χ1v) is 7.52. The van der Waals surface area contributed by atoms with Gasteiger partial charge < -0.3 is 10.4 Å². The molecule has 1 unspecified atom stereocenters. The minimum atomic E-state index is -0.798. The van der Waals surface area contributed by atoms with Crippen LogP contribution in [0.1, 0.15) is 26.3 Å². The Morgan fingerprint density at radius 1 is 1.18 bits per heavy atom. The molecule has 0 fully saturated rings. The van der Waals surface area contributed by atoms with E-state index >= 15 is 0 Å². The van der Waals surface area contributed by atoms with E-state index in [2.05, 4.69) is 10.3 Å². The van der Waals surface area contributed by atoms with Crippen LogP contribution in [0, 0.1) is 11.7 Å². The number of hydrogen-bond acceptors (Lipinski definition) is 3. The van der Waals surface area contributed by atoms with Gasteiger partial charge in [-0.05, 0) is 42.2 Å². The van der Waals surface area contributed by atoms with E-state index in [-0.39, 0.29) is 11.7 Å². The van der Waals surface area contributed by atoms with Crippen LogP contribution in [0.5, 0.6) is 0 Å². The first kappa shape index (κ1) is 16.6. The molecule has 22 heavy (non-hydrogen) atoms. The van der Waals surface area contributed by atoms with Gasteiger partial charge in [0.1, 0.15) is 5.82 Å². The van der Waals surface area contributed by atoms with E-state index in [4.69, 9.17) is 0 Å². The molecule has 1 atom stereocenters. The molecule has 0 aliphatic heterocycles. The number of hydrogen-bond donors (Lipinski definition) is 2. The monoisotopic (exact) mass is 302 g/mol. The van der Waals surface area contributed by atoms with E-state index in [0.717, 1.165) is 11.1 Å². The van der Waals surface area contributed by atoms with Crippen LogP contribution in [0.4, 0.5) is 4.39 Å². The molecule has 2 rings (SSSR count). The topological polar surface area (TPSA) is 45.1 Å². The summed E-state index contributed by atoms with van der Waals surface area (Å²) < 4.78 is 14.2. The predicted octanol–water partition coefficient (Wildman–Crippen LogP) is 3.38. The molecule has 2 N–H and O–H groups in total. The fourth-order valence-electron chi connectivity index (χ4n) is 2.07. The molecule has 4 heteroatoms. The zero-order chi connectivity index (χ0) is 16.2. The first-order chi connectivity index (χ1) is 10.4. The van der Waals surface area contributed by atoms with Gasteiger partial charge in [0.2, 0.25) is 0 Å². The molecule has 0 spiro atoms. The van der Waals surface area contributed by atoms with Gasteiger partial charge in [0, 0.05) is 31.0 Å². The van der Waals surface area contributed by atoms with Gasteiger partial charge in [-0.2, -0.15) is 0 Å². The molecule has 0 radical (unpaired) electrons. The van der Waals surface area contributed by atoms with Gasteiger partial charge in [0.25, 0.3) is 0 Å². The number of pyridine rings is 1. The molecule has 0 bridgehead atoms. The Labute approximate surface area is 131 Å². The summed E-state index contributed by atoms with van der Waals surface area (Å²) in [6.45, 7) is 6.53. The summed E-state index contributed by atoms with van der Waals surface area (Å²) in [5.41, 5.74) is 1.57. The van der Waals surface area contributed by atoms with Crippen molar-refractivity contribution in [2.45, 2.75) is 32.9 Å². The Bertz CT molecular complexity index is 612. The normalized spacial score (nSPS) is 14.1. The van der Waals surface area contributed by atoms with Crippen LogP contribution in [0.2, 0.25) is 0 Å². The van der Waals surface area contributed by atoms with Gasteiger partial charge in [0.15, 0.2) is 0 Å². The summed E-state index contributed by atoms with van der Waals surface area (Å²) in [6.07, 6.45) is 3.38. The lowest BCUT2D eigenvalue weighted by Gasteiger charge is -2.28. The molecule has 0 saturated carbocycles. The van der Waals surface area contributed by atoms with E-state index in [9.17, 15) is 9.50 Å². The molecule has 0 amide bonds. The van der Waals surface area contributed by atoms with Gasteiger partial charge in [-0.3, -0.25) is 4.98 Å². The third-order valence-electron chi connectivity index (χ3n) is 4.11. The SMILES string of the molecule is CC(C)C(C)(O)CNCc1ccc(-c2ccncc2)cc1F. The van der Waals surface area contributed by atoms with E-state index in [1.54, 1.807) is 25.4 Å². The highest BCUT2D eigenvalue weighted by atomic mass is 19.1. The third kappa shape index (κ3) is 4.12. The summed E-state index contributed by atoms with van der Waals surface area (Å²) in [5.74, 6) is -0.107. The Balaban J connectivity index is 2.02. The summed E-state index contributed by atoms with van der Waals surface area (Å²) in [5, 5.41) is 13.3. The highest BCUT2D eigenvalue weighted by molar-refractivity contribution is 5.63. The third-order valence-corrected chi connectivity index (χ3v) is 4.11. The summed E-state index contributed by atoms with van der Waals surface area (Å²) in [6, 6.07) is 8.92. The van der Waals surface area contributed by atoms with Crippen LogP contribution in [-0.4, -0.2) is 22.2 Å². The summed E-state index contributed by atoms with van der Waals surface area (Å²) >= 11 is 0. The molecule has 2 aromatic rings. The number of aromatic nitrogens is 1. The average molecular weight is 302 g/mol. The number of nitrogens with one attached hydrogen (secondary N) is 1. The van der Waals surface area contributed by atoms with Crippen molar-refractivity contribution < 1.29 is 9.50 Å². The molecule has 1 heterocycles. The number of benzene rings is 1. The lowest BCUT2D eigenvalue weighted by atomic mass is 9.92. The fraction of sp³-hybridized carbons (Fsp3) is 0.389. The number of nitrogens with zero attached hydrogens (tertiary/aromatic N) is 1. The van der Waals surface area contributed by atoms with Gasteiger partial charge >= 0.3 is 0 Å². The van der Waals surface area contributed by atoms with Crippen LogP contribution in [0.3, 0.4) is 0 Å². The van der Waals surface area contributed by atoms with Crippen LogP contribution < -0.4 is 5.32 Å². The average Bonchev–Trinajstić information content (AvgIpc) is 2.49. The highest BCUT2D eigenvalue weighted by Gasteiger charge is 2.24. The summed E-state index contributed by atoms with van der Waals surface area (Å²) in [4.78, 5) is 3.96. The minimum Gasteiger partial charge on any atom is -0.389 e. The second-order valence-electron chi connectivity index (χ2n) is 6.16. The van der Waals surface area contributed by atoms with Crippen molar-refractivity contribution in [1.29, 1.82) is 0 Å². The predicted molar refractivity (Wildman–Crippen MR) is 86.8 cm³/mol. The van der Waals surface area contributed by atoms with Gasteiger partial charge in [-0.1, -0.05) is 26.0 Å². The van der Waals surface area contributed by atoms with E-state index in [0.29, 0.717) is 18.7 Å². The maximum Gasteiger partial charge on any atom is 0.128 e.